The number of hydrogen-bond donors (Lipinski definition) is 2. The minimum atomic E-state index is -0.249. The van der Waals surface area contributed by atoms with Crippen molar-refractivity contribution in [3.05, 3.63) is 0 Å². The van der Waals surface area contributed by atoms with Crippen molar-refractivity contribution in [2.45, 2.75) is 44.4 Å². The molecule has 1 saturated heterocycles. The maximum Gasteiger partial charge on any atom is 0.409 e. The van der Waals surface area contributed by atoms with E-state index in [0.29, 0.717) is 25.7 Å². The Hall–Kier alpha value is -1.64. The Morgan fingerprint density at radius 1 is 1.30 bits per heavy atom. The van der Waals surface area contributed by atoms with Crippen molar-refractivity contribution in [2.24, 2.45) is 4.99 Å². The molecule has 0 saturated carbocycles. The van der Waals surface area contributed by atoms with Gasteiger partial charge in [0.05, 0.1) is 6.61 Å². The molecule has 0 atom stereocenters. The van der Waals surface area contributed by atoms with Gasteiger partial charge in [-0.05, 0) is 39.9 Å². The average Bonchev–Trinajstić information content (AvgIpc) is 2.64. The fraction of sp³-hybridized carbons (Fsp3) is 0.833. The lowest BCUT2D eigenvalue weighted by Gasteiger charge is -2.33. The number of carbonyl (C=O) groups is 2. The van der Waals surface area contributed by atoms with E-state index in [4.69, 9.17) is 4.74 Å². The van der Waals surface area contributed by atoms with Crippen molar-refractivity contribution < 1.29 is 14.3 Å². The van der Waals surface area contributed by atoms with Crippen LogP contribution < -0.4 is 10.6 Å². The molecule has 2 amide bonds. The number of amides is 2. The molecule has 2 N–H and O–H groups in total. The zero-order valence-corrected chi connectivity index (χ0v) is 18.3. The van der Waals surface area contributed by atoms with E-state index >= 15 is 0 Å². The molecule has 1 fully saturated rings. The molecular weight excluding hydrogens is 366 g/mol. The van der Waals surface area contributed by atoms with Crippen LogP contribution >= 0.6 is 11.8 Å². The van der Waals surface area contributed by atoms with Gasteiger partial charge >= 0.3 is 6.09 Å². The molecule has 1 aliphatic heterocycles. The second-order valence-corrected chi connectivity index (χ2v) is 8.89. The SMILES string of the molecule is CCOC(=O)N1CCC(NC(=NCC(=O)N(C)C)NCC(C)(C)SC)CC1. The molecule has 0 spiro atoms. The minimum Gasteiger partial charge on any atom is -0.450 e. The van der Waals surface area contributed by atoms with Crippen LogP contribution in [0.25, 0.3) is 0 Å². The first-order chi connectivity index (χ1) is 12.7. The molecule has 27 heavy (non-hydrogen) atoms. The Morgan fingerprint density at radius 2 is 1.93 bits per heavy atom. The Labute approximate surface area is 167 Å². The second-order valence-electron chi connectivity index (χ2n) is 7.37. The molecule has 8 nitrogen and oxygen atoms in total. The lowest BCUT2D eigenvalue weighted by Crippen LogP contribution is -2.51. The van der Waals surface area contributed by atoms with Crippen molar-refractivity contribution in [2.75, 3.05) is 53.1 Å². The number of hydrogen-bond acceptors (Lipinski definition) is 5. The average molecular weight is 402 g/mol. The van der Waals surface area contributed by atoms with Crippen LogP contribution in [0.1, 0.15) is 33.6 Å². The summed E-state index contributed by atoms with van der Waals surface area (Å²) in [6, 6.07) is 0.203. The van der Waals surface area contributed by atoms with Crippen molar-refractivity contribution in [3.8, 4) is 0 Å². The number of guanidine groups is 1. The van der Waals surface area contributed by atoms with Crippen molar-refractivity contribution in [1.29, 1.82) is 0 Å². The van der Waals surface area contributed by atoms with E-state index in [1.807, 2.05) is 6.92 Å². The van der Waals surface area contributed by atoms with E-state index < -0.39 is 0 Å². The highest BCUT2D eigenvalue weighted by Crippen LogP contribution is 2.19. The Bertz CT molecular complexity index is 517. The van der Waals surface area contributed by atoms with Crippen LogP contribution in [0.5, 0.6) is 0 Å². The molecule has 9 heteroatoms. The summed E-state index contributed by atoms with van der Waals surface area (Å²) in [5.74, 6) is 0.597. The van der Waals surface area contributed by atoms with E-state index in [2.05, 4.69) is 35.7 Å². The second kappa shape index (κ2) is 11.3. The van der Waals surface area contributed by atoms with Gasteiger partial charge in [-0.3, -0.25) is 4.79 Å². The van der Waals surface area contributed by atoms with E-state index in [1.54, 1.807) is 30.8 Å². The molecule has 0 aromatic heterocycles. The summed E-state index contributed by atoms with van der Waals surface area (Å²) in [5, 5.41) is 6.77. The number of ether oxygens (including phenoxy) is 1. The minimum absolute atomic E-state index is 0.0441. The summed E-state index contributed by atoms with van der Waals surface area (Å²) in [6.45, 7) is 8.65. The Balaban J connectivity index is 2.64. The van der Waals surface area contributed by atoms with Gasteiger partial charge < -0.3 is 25.2 Å². The normalized spacial score (nSPS) is 16.1. The third-order valence-corrected chi connectivity index (χ3v) is 5.72. The predicted molar refractivity (Wildman–Crippen MR) is 111 cm³/mol. The molecule has 0 aromatic rings. The molecule has 0 aromatic carbocycles. The van der Waals surface area contributed by atoms with Gasteiger partial charge in [0.1, 0.15) is 6.54 Å². The molecule has 1 rings (SSSR count). The number of likely N-dealkylation sites (tertiary alicyclic amines) is 1. The number of piperidine rings is 1. The standard InChI is InChI=1S/C18H35N5O3S/c1-7-26-17(25)23-10-8-14(9-11-23)21-16(19-12-15(24)22(4)5)20-13-18(2,3)27-6/h14H,7-13H2,1-6H3,(H2,19,20,21). The van der Waals surface area contributed by atoms with Crippen molar-refractivity contribution in [3.63, 3.8) is 0 Å². The van der Waals surface area contributed by atoms with Gasteiger partial charge in [-0.15, -0.1) is 0 Å². The van der Waals surface area contributed by atoms with Crippen molar-refractivity contribution >= 4 is 29.7 Å². The number of nitrogens with zero attached hydrogens (tertiary/aromatic N) is 3. The number of nitrogens with one attached hydrogen (secondary N) is 2. The number of thioether (sulfide) groups is 1. The zero-order chi connectivity index (χ0) is 20.4. The smallest absolute Gasteiger partial charge is 0.409 e. The van der Waals surface area contributed by atoms with Crippen LogP contribution in [0.4, 0.5) is 4.79 Å². The summed E-state index contributed by atoms with van der Waals surface area (Å²) in [5.41, 5.74) is 0. The number of aliphatic imine (C=N–C) groups is 1. The van der Waals surface area contributed by atoms with Crippen LogP contribution in [-0.4, -0.2) is 91.7 Å². The van der Waals surface area contributed by atoms with E-state index in [9.17, 15) is 9.59 Å². The Morgan fingerprint density at radius 3 is 2.44 bits per heavy atom. The van der Waals surface area contributed by atoms with Crippen LogP contribution in [-0.2, 0) is 9.53 Å². The third-order valence-electron chi connectivity index (χ3n) is 4.47. The summed E-state index contributed by atoms with van der Waals surface area (Å²) in [6.07, 6.45) is 3.45. The van der Waals surface area contributed by atoms with E-state index in [0.717, 1.165) is 19.4 Å². The van der Waals surface area contributed by atoms with Gasteiger partial charge in [0, 0.05) is 44.5 Å². The molecular formula is C18H35N5O3S. The summed E-state index contributed by atoms with van der Waals surface area (Å²) in [7, 11) is 3.45. The lowest BCUT2D eigenvalue weighted by atomic mass is 10.1. The van der Waals surface area contributed by atoms with E-state index in [1.165, 1.54) is 4.90 Å². The number of rotatable bonds is 7. The van der Waals surface area contributed by atoms with Crippen LogP contribution in [0.3, 0.4) is 0 Å². The number of carbonyl (C=O) groups excluding carboxylic acids is 2. The van der Waals surface area contributed by atoms with Crippen LogP contribution in [0.2, 0.25) is 0 Å². The summed E-state index contributed by atoms with van der Waals surface area (Å²) >= 11 is 1.77. The van der Waals surface area contributed by atoms with Gasteiger partial charge in [0.15, 0.2) is 5.96 Å². The molecule has 0 aliphatic carbocycles. The highest BCUT2D eigenvalue weighted by Gasteiger charge is 2.25. The monoisotopic (exact) mass is 401 g/mol. The van der Waals surface area contributed by atoms with Gasteiger partial charge in [-0.2, -0.15) is 11.8 Å². The molecule has 1 aliphatic rings. The maximum absolute atomic E-state index is 11.9. The first kappa shape index (κ1) is 23.4. The topological polar surface area (TPSA) is 86.3 Å². The van der Waals surface area contributed by atoms with Gasteiger partial charge in [0.2, 0.25) is 5.91 Å². The molecule has 0 bridgehead atoms. The van der Waals surface area contributed by atoms with Crippen LogP contribution in [0.15, 0.2) is 4.99 Å². The predicted octanol–water partition coefficient (Wildman–Crippen LogP) is 1.37. The van der Waals surface area contributed by atoms with Crippen LogP contribution in [0, 0.1) is 0 Å². The first-order valence-electron chi connectivity index (χ1n) is 9.40. The highest BCUT2D eigenvalue weighted by atomic mass is 32.2. The number of likely N-dealkylation sites (N-methyl/N-ethyl adjacent to an activating group) is 1. The highest BCUT2D eigenvalue weighted by molar-refractivity contribution is 7.99. The van der Waals surface area contributed by atoms with Gasteiger partial charge in [-0.25, -0.2) is 9.79 Å². The molecule has 0 radical (unpaired) electrons. The fourth-order valence-corrected chi connectivity index (χ4v) is 2.64. The maximum atomic E-state index is 11.9. The van der Waals surface area contributed by atoms with Gasteiger partial charge in [-0.1, -0.05) is 0 Å². The molecule has 156 valence electrons. The first-order valence-corrected chi connectivity index (χ1v) is 10.6. The van der Waals surface area contributed by atoms with E-state index in [-0.39, 0.29) is 29.3 Å². The lowest BCUT2D eigenvalue weighted by molar-refractivity contribution is -0.127. The zero-order valence-electron chi connectivity index (χ0n) is 17.5. The summed E-state index contributed by atoms with van der Waals surface area (Å²) in [4.78, 5) is 31.4. The fourth-order valence-electron chi connectivity index (χ4n) is 2.42. The summed E-state index contributed by atoms with van der Waals surface area (Å²) < 4.78 is 5.12. The Kier molecular flexibility index (Phi) is 9.76. The molecule has 0 unspecified atom stereocenters. The molecule has 1 heterocycles. The largest absolute Gasteiger partial charge is 0.450 e. The van der Waals surface area contributed by atoms with Gasteiger partial charge in [0.25, 0.3) is 0 Å². The quantitative estimate of drug-likeness (QED) is 0.495. The van der Waals surface area contributed by atoms with Crippen molar-refractivity contribution in [1.82, 2.24) is 20.4 Å². The third kappa shape index (κ3) is 8.73.